The maximum Gasteiger partial charge on any atom is 0.229 e. The van der Waals surface area contributed by atoms with Gasteiger partial charge in [-0.05, 0) is 37.1 Å². The lowest BCUT2D eigenvalue weighted by molar-refractivity contribution is 0.412. The largest absolute Gasteiger partial charge is 0.494 e. The molecule has 0 saturated heterocycles. The van der Waals surface area contributed by atoms with E-state index in [-0.39, 0.29) is 0 Å². The first-order chi connectivity index (χ1) is 12.1. The quantitative estimate of drug-likeness (QED) is 0.718. The topological polar surface area (TPSA) is 76.9 Å². The van der Waals surface area contributed by atoms with Crippen LogP contribution in [0.3, 0.4) is 0 Å². The Bertz CT molecular complexity index is 874. The second-order valence-electron chi connectivity index (χ2n) is 5.63. The van der Waals surface area contributed by atoms with Gasteiger partial charge in [-0.2, -0.15) is 10.1 Å². The molecule has 2 N–H and O–H groups in total. The summed E-state index contributed by atoms with van der Waals surface area (Å²) in [4.78, 5) is 8.85. The first-order valence-electron chi connectivity index (χ1n) is 8.15. The third-order valence-corrected chi connectivity index (χ3v) is 3.84. The summed E-state index contributed by atoms with van der Waals surface area (Å²) in [6.07, 6.45) is 4.80. The third kappa shape index (κ3) is 3.71. The van der Waals surface area contributed by atoms with Gasteiger partial charge in [-0.3, -0.25) is 0 Å². The van der Waals surface area contributed by atoms with Crippen LogP contribution >= 0.6 is 0 Å². The molecule has 0 spiro atoms. The molecule has 0 saturated carbocycles. The Kier molecular flexibility index (Phi) is 4.83. The number of anilines is 3. The second kappa shape index (κ2) is 7.21. The summed E-state index contributed by atoms with van der Waals surface area (Å²) in [5.74, 6) is 2.05. The molecule has 25 heavy (non-hydrogen) atoms. The summed E-state index contributed by atoms with van der Waals surface area (Å²) in [7, 11) is 3.49. The maximum atomic E-state index is 5.47. The predicted octanol–water partition coefficient (Wildman–Crippen LogP) is 3.33. The van der Waals surface area contributed by atoms with E-state index in [0.29, 0.717) is 5.95 Å². The molecular weight excluding hydrogens is 316 g/mol. The van der Waals surface area contributed by atoms with Crippen LogP contribution in [0.15, 0.2) is 36.7 Å². The molecule has 0 bridgehead atoms. The molecule has 7 nitrogen and oxygen atoms in total. The van der Waals surface area contributed by atoms with E-state index >= 15 is 0 Å². The number of ether oxygens (including phenoxy) is 1. The summed E-state index contributed by atoms with van der Waals surface area (Å²) in [5, 5.41) is 10.7. The van der Waals surface area contributed by atoms with E-state index < -0.39 is 0 Å². The average molecular weight is 338 g/mol. The van der Waals surface area contributed by atoms with Crippen molar-refractivity contribution in [1.82, 2.24) is 19.7 Å². The zero-order valence-corrected chi connectivity index (χ0v) is 14.9. The number of nitrogens with zero attached hydrogens (tertiary/aromatic N) is 4. The van der Waals surface area contributed by atoms with Crippen molar-refractivity contribution in [2.24, 2.45) is 0 Å². The molecule has 3 rings (SSSR count). The van der Waals surface area contributed by atoms with Gasteiger partial charge in [0.05, 0.1) is 13.3 Å². The molecule has 1 aromatic carbocycles. The number of aryl methyl sites for hydroxylation is 2. The highest BCUT2D eigenvalue weighted by Crippen LogP contribution is 2.27. The van der Waals surface area contributed by atoms with E-state index in [1.807, 2.05) is 55.3 Å². The monoisotopic (exact) mass is 338 g/mol. The van der Waals surface area contributed by atoms with Crippen LogP contribution in [-0.4, -0.2) is 33.9 Å². The molecule has 7 heteroatoms. The van der Waals surface area contributed by atoms with Gasteiger partial charge in [0.1, 0.15) is 17.3 Å². The van der Waals surface area contributed by atoms with Crippen molar-refractivity contribution < 1.29 is 4.74 Å². The fourth-order valence-electron chi connectivity index (χ4n) is 2.50. The molecule has 0 amide bonds. The predicted molar refractivity (Wildman–Crippen MR) is 99.1 cm³/mol. The summed E-state index contributed by atoms with van der Waals surface area (Å²) in [5.41, 5.74) is 3.77. The Balaban J connectivity index is 1.95. The Morgan fingerprint density at radius 3 is 2.72 bits per heavy atom. The van der Waals surface area contributed by atoms with E-state index in [1.165, 1.54) is 5.56 Å². The van der Waals surface area contributed by atoms with E-state index in [9.17, 15) is 0 Å². The van der Waals surface area contributed by atoms with Gasteiger partial charge < -0.3 is 15.4 Å². The fraction of sp³-hybridized carbons (Fsp3) is 0.278. The number of nitrogens with one attached hydrogen (secondary N) is 2. The maximum absolute atomic E-state index is 5.47. The van der Waals surface area contributed by atoms with Gasteiger partial charge in [-0.25, -0.2) is 9.67 Å². The first kappa shape index (κ1) is 16.8. The number of methoxy groups -OCH3 is 1. The molecule has 0 fully saturated rings. The Hall–Kier alpha value is -3.09. The van der Waals surface area contributed by atoms with Crippen molar-refractivity contribution in [3.8, 4) is 11.4 Å². The molecule has 0 unspecified atom stereocenters. The molecule has 3 aromatic rings. The third-order valence-electron chi connectivity index (χ3n) is 3.84. The SMILES string of the molecule is CCc1cnn(-c2cc(Nc3nc(C)cc(NC)n3)ccc2OC)c1. The molecule has 0 radical (unpaired) electrons. The zero-order valence-electron chi connectivity index (χ0n) is 14.9. The van der Waals surface area contributed by atoms with Gasteiger partial charge >= 0.3 is 0 Å². The lowest BCUT2D eigenvalue weighted by atomic mass is 10.2. The zero-order chi connectivity index (χ0) is 17.8. The van der Waals surface area contributed by atoms with Crippen molar-refractivity contribution in [1.29, 1.82) is 0 Å². The van der Waals surface area contributed by atoms with Gasteiger partial charge in [-0.1, -0.05) is 6.92 Å². The van der Waals surface area contributed by atoms with E-state index in [2.05, 4.69) is 32.6 Å². The fourth-order valence-corrected chi connectivity index (χ4v) is 2.50. The first-order valence-corrected chi connectivity index (χ1v) is 8.15. The Labute approximate surface area is 147 Å². The van der Waals surface area contributed by atoms with Crippen molar-refractivity contribution in [2.45, 2.75) is 20.3 Å². The van der Waals surface area contributed by atoms with Crippen LogP contribution in [0.4, 0.5) is 17.5 Å². The Morgan fingerprint density at radius 2 is 2.04 bits per heavy atom. The summed E-state index contributed by atoms with van der Waals surface area (Å²) in [6, 6.07) is 7.69. The lowest BCUT2D eigenvalue weighted by Crippen LogP contribution is -2.04. The van der Waals surface area contributed by atoms with Crippen LogP contribution in [0.25, 0.3) is 5.69 Å². The lowest BCUT2D eigenvalue weighted by Gasteiger charge is -2.12. The number of benzene rings is 1. The Morgan fingerprint density at radius 1 is 1.20 bits per heavy atom. The highest BCUT2D eigenvalue weighted by molar-refractivity contribution is 5.63. The molecule has 2 heterocycles. The van der Waals surface area contributed by atoms with Gasteiger partial charge in [0.15, 0.2) is 0 Å². The van der Waals surface area contributed by atoms with Gasteiger partial charge in [-0.15, -0.1) is 0 Å². The van der Waals surface area contributed by atoms with Crippen LogP contribution in [0, 0.1) is 6.92 Å². The number of rotatable bonds is 6. The summed E-state index contributed by atoms with van der Waals surface area (Å²) in [6.45, 7) is 4.04. The van der Waals surface area contributed by atoms with Crippen molar-refractivity contribution in [3.63, 3.8) is 0 Å². The molecule has 130 valence electrons. The molecule has 0 aliphatic heterocycles. The van der Waals surface area contributed by atoms with Crippen LogP contribution in [0.2, 0.25) is 0 Å². The summed E-state index contributed by atoms with van der Waals surface area (Å²) < 4.78 is 7.29. The highest BCUT2D eigenvalue weighted by Gasteiger charge is 2.10. The molecule has 2 aromatic heterocycles. The minimum Gasteiger partial charge on any atom is -0.494 e. The highest BCUT2D eigenvalue weighted by atomic mass is 16.5. The second-order valence-corrected chi connectivity index (χ2v) is 5.63. The van der Waals surface area contributed by atoms with Gasteiger partial charge in [0.25, 0.3) is 0 Å². The van der Waals surface area contributed by atoms with Crippen LogP contribution in [-0.2, 0) is 6.42 Å². The van der Waals surface area contributed by atoms with E-state index in [0.717, 1.165) is 35.1 Å². The number of aromatic nitrogens is 4. The van der Waals surface area contributed by atoms with Crippen LogP contribution in [0.1, 0.15) is 18.2 Å². The van der Waals surface area contributed by atoms with Crippen molar-refractivity contribution in [2.75, 3.05) is 24.8 Å². The van der Waals surface area contributed by atoms with Gasteiger partial charge in [0, 0.05) is 30.7 Å². The van der Waals surface area contributed by atoms with Crippen LogP contribution < -0.4 is 15.4 Å². The minimum absolute atomic E-state index is 0.537. The van der Waals surface area contributed by atoms with E-state index in [4.69, 9.17) is 4.74 Å². The van der Waals surface area contributed by atoms with Gasteiger partial charge in [0.2, 0.25) is 5.95 Å². The molecular formula is C18H22N6O. The van der Waals surface area contributed by atoms with E-state index in [1.54, 1.807) is 7.11 Å². The normalized spacial score (nSPS) is 10.6. The minimum atomic E-state index is 0.537. The molecule has 0 aliphatic rings. The number of hydrogen-bond donors (Lipinski definition) is 2. The average Bonchev–Trinajstić information content (AvgIpc) is 3.10. The number of hydrogen-bond acceptors (Lipinski definition) is 6. The van der Waals surface area contributed by atoms with Crippen molar-refractivity contribution >= 4 is 17.5 Å². The molecule has 0 aliphatic carbocycles. The molecule has 0 atom stereocenters. The summed E-state index contributed by atoms with van der Waals surface area (Å²) >= 11 is 0. The smallest absolute Gasteiger partial charge is 0.229 e. The van der Waals surface area contributed by atoms with Crippen LogP contribution in [0.5, 0.6) is 5.75 Å². The standard InChI is InChI=1S/C18H22N6O/c1-5-13-10-20-24(11-13)15-9-14(6-7-16(15)25-4)22-18-21-12(2)8-17(19-3)23-18/h6-11H,5H2,1-4H3,(H2,19,21,22,23). The van der Waals surface area contributed by atoms with Crippen molar-refractivity contribution in [3.05, 3.63) is 47.9 Å².